The maximum Gasteiger partial charge on any atom is 0.275 e. The zero-order chi connectivity index (χ0) is 17.8. The standard InChI is InChI=1S/C19H17BrN4O/c1-12-3-6-16(9-13(12)2)23-18-11-21-17(10-22-18)19(25)24-15-7-4-14(20)5-8-15/h3-11H,1-2H3,(H,22,23)(H,24,25). The smallest absolute Gasteiger partial charge is 0.275 e. The van der Waals surface area contributed by atoms with Crippen molar-refractivity contribution in [3.63, 3.8) is 0 Å². The highest BCUT2D eigenvalue weighted by Gasteiger charge is 2.09. The van der Waals surface area contributed by atoms with Crippen LogP contribution in [0.5, 0.6) is 0 Å². The first-order chi connectivity index (χ1) is 12.0. The molecule has 0 saturated heterocycles. The fourth-order valence-electron chi connectivity index (χ4n) is 2.21. The monoisotopic (exact) mass is 396 g/mol. The van der Waals surface area contributed by atoms with Gasteiger partial charge in [0.15, 0.2) is 0 Å². The molecule has 0 aliphatic rings. The van der Waals surface area contributed by atoms with E-state index in [1.165, 1.54) is 17.3 Å². The predicted octanol–water partition coefficient (Wildman–Crippen LogP) is 4.85. The van der Waals surface area contributed by atoms with Crippen molar-refractivity contribution >= 4 is 39.0 Å². The molecule has 0 atom stereocenters. The van der Waals surface area contributed by atoms with Gasteiger partial charge in [-0.1, -0.05) is 22.0 Å². The lowest BCUT2D eigenvalue weighted by Gasteiger charge is -2.08. The van der Waals surface area contributed by atoms with E-state index in [1.807, 2.05) is 42.5 Å². The van der Waals surface area contributed by atoms with Crippen LogP contribution >= 0.6 is 15.9 Å². The molecular weight excluding hydrogens is 380 g/mol. The van der Waals surface area contributed by atoms with E-state index < -0.39 is 0 Å². The van der Waals surface area contributed by atoms with E-state index in [2.05, 4.69) is 50.4 Å². The lowest BCUT2D eigenvalue weighted by Crippen LogP contribution is -2.14. The molecule has 2 aromatic carbocycles. The molecule has 0 bridgehead atoms. The number of benzene rings is 2. The Balaban J connectivity index is 1.67. The number of carbonyl (C=O) groups excluding carboxylic acids is 1. The molecule has 5 nitrogen and oxygen atoms in total. The van der Waals surface area contributed by atoms with Crippen LogP contribution in [0.15, 0.2) is 59.3 Å². The number of nitrogens with one attached hydrogen (secondary N) is 2. The Bertz CT molecular complexity index is 892. The number of aromatic nitrogens is 2. The highest BCUT2D eigenvalue weighted by Crippen LogP contribution is 2.18. The molecule has 0 fully saturated rings. The van der Waals surface area contributed by atoms with Crippen LogP contribution < -0.4 is 10.6 Å². The van der Waals surface area contributed by atoms with Gasteiger partial charge in [0.05, 0.1) is 12.4 Å². The van der Waals surface area contributed by atoms with Gasteiger partial charge in [0.2, 0.25) is 0 Å². The lowest BCUT2D eigenvalue weighted by atomic mass is 10.1. The van der Waals surface area contributed by atoms with Gasteiger partial charge >= 0.3 is 0 Å². The summed E-state index contributed by atoms with van der Waals surface area (Å²) in [5.74, 6) is 0.288. The second-order valence-electron chi connectivity index (χ2n) is 5.67. The third-order valence-corrected chi connectivity index (χ3v) is 4.29. The largest absolute Gasteiger partial charge is 0.339 e. The Morgan fingerprint density at radius 1 is 0.920 bits per heavy atom. The number of carbonyl (C=O) groups is 1. The second-order valence-corrected chi connectivity index (χ2v) is 6.59. The van der Waals surface area contributed by atoms with Gasteiger partial charge < -0.3 is 10.6 Å². The van der Waals surface area contributed by atoms with Gasteiger partial charge in [-0.15, -0.1) is 0 Å². The summed E-state index contributed by atoms with van der Waals surface area (Å²) in [5, 5.41) is 5.97. The number of nitrogens with zero attached hydrogens (tertiary/aromatic N) is 2. The number of hydrogen-bond acceptors (Lipinski definition) is 4. The molecule has 0 aliphatic carbocycles. The molecule has 126 valence electrons. The molecule has 3 rings (SSSR count). The fourth-order valence-corrected chi connectivity index (χ4v) is 2.47. The molecule has 6 heteroatoms. The molecule has 25 heavy (non-hydrogen) atoms. The van der Waals surface area contributed by atoms with Crippen molar-refractivity contribution in [1.82, 2.24) is 9.97 Å². The minimum Gasteiger partial charge on any atom is -0.339 e. The predicted molar refractivity (Wildman–Crippen MR) is 103 cm³/mol. The van der Waals surface area contributed by atoms with Crippen LogP contribution in [0.25, 0.3) is 0 Å². The molecule has 0 aliphatic heterocycles. The van der Waals surface area contributed by atoms with Crippen molar-refractivity contribution in [2.75, 3.05) is 10.6 Å². The zero-order valence-electron chi connectivity index (χ0n) is 13.9. The fraction of sp³-hybridized carbons (Fsp3) is 0.105. The summed E-state index contributed by atoms with van der Waals surface area (Å²) in [7, 11) is 0. The van der Waals surface area contributed by atoms with E-state index >= 15 is 0 Å². The van der Waals surface area contributed by atoms with E-state index in [4.69, 9.17) is 0 Å². The Hall–Kier alpha value is -2.73. The van der Waals surface area contributed by atoms with Crippen LogP contribution in [0.4, 0.5) is 17.2 Å². The van der Waals surface area contributed by atoms with Crippen LogP contribution in [-0.4, -0.2) is 15.9 Å². The normalized spacial score (nSPS) is 10.4. The van der Waals surface area contributed by atoms with Gasteiger partial charge in [-0.25, -0.2) is 9.97 Å². The van der Waals surface area contributed by atoms with Crippen LogP contribution in [0.2, 0.25) is 0 Å². The second kappa shape index (κ2) is 7.44. The molecule has 1 aromatic heterocycles. The Kier molecular flexibility index (Phi) is 5.09. The zero-order valence-corrected chi connectivity index (χ0v) is 15.5. The summed E-state index contributed by atoms with van der Waals surface area (Å²) in [6.07, 6.45) is 3.00. The number of halogens is 1. The molecule has 3 aromatic rings. The summed E-state index contributed by atoms with van der Waals surface area (Å²) < 4.78 is 0.951. The summed E-state index contributed by atoms with van der Waals surface area (Å²) in [5.41, 5.74) is 4.32. The minimum atomic E-state index is -0.299. The lowest BCUT2D eigenvalue weighted by molar-refractivity contribution is 0.102. The van der Waals surface area contributed by atoms with Crippen LogP contribution in [0, 0.1) is 13.8 Å². The third kappa shape index (κ3) is 4.42. The molecule has 0 spiro atoms. The molecule has 1 amide bonds. The van der Waals surface area contributed by atoms with Crippen molar-refractivity contribution in [2.45, 2.75) is 13.8 Å². The van der Waals surface area contributed by atoms with E-state index in [0.29, 0.717) is 11.5 Å². The van der Waals surface area contributed by atoms with Gasteiger partial charge in [0, 0.05) is 15.8 Å². The van der Waals surface area contributed by atoms with Gasteiger partial charge in [-0.05, 0) is 61.4 Å². The maximum absolute atomic E-state index is 12.2. The van der Waals surface area contributed by atoms with Crippen molar-refractivity contribution in [2.24, 2.45) is 0 Å². The summed E-state index contributed by atoms with van der Waals surface area (Å²) >= 11 is 3.36. The first kappa shape index (κ1) is 17.1. The molecule has 0 saturated carbocycles. The van der Waals surface area contributed by atoms with Crippen molar-refractivity contribution in [1.29, 1.82) is 0 Å². The number of rotatable bonds is 4. The van der Waals surface area contributed by atoms with E-state index in [1.54, 1.807) is 6.20 Å². The SMILES string of the molecule is Cc1ccc(Nc2cnc(C(=O)Nc3ccc(Br)cc3)cn2)cc1C. The number of hydrogen-bond donors (Lipinski definition) is 2. The molecular formula is C19H17BrN4O. The van der Waals surface area contributed by atoms with Gasteiger partial charge in [0.25, 0.3) is 5.91 Å². The van der Waals surface area contributed by atoms with Crippen molar-refractivity contribution < 1.29 is 4.79 Å². The maximum atomic E-state index is 12.2. The topological polar surface area (TPSA) is 66.9 Å². The van der Waals surface area contributed by atoms with E-state index in [9.17, 15) is 4.79 Å². The Labute approximate surface area is 154 Å². The number of aryl methyl sites for hydroxylation is 2. The van der Waals surface area contributed by atoms with Gasteiger partial charge in [-0.3, -0.25) is 4.79 Å². The van der Waals surface area contributed by atoms with E-state index in [0.717, 1.165) is 10.2 Å². The van der Waals surface area contributed by atoms with Crippen LogP contribution in [0.3, 0.4) is 0 Å². The number of anilines is 3. The first-order valence-electron chi connectivity index (χ1n) is 7.74. The average molecular weight is 397 g/mol. The molecule has 0 radical (unpaired) electrons. The highest BCUT2D eigenvalue weighted by molar-refractivity contribution is 9.10. The van der Waals surface area contributed by atoms with Crippen molar-refractivity contribution in [3.05, 3.63) is 76.2 Å². The molecule has 1 heterocycles. The van der Waals surface area contributed by atoms with E-state index in [-0.39, 0.29) is 11.6 Å². The van der Waals surface area contributed by atoms with Crippen LogP contribution in [0.1, 0.15) is 21.6 Å². The summed E-state index contributed by atoms with van der Waals surface area (Å²) in [4.78, 5) is 20.6. The molecule has 2 N–H and O–H groups in total. The first-order valence-corrected chi connectivity index (χ1v) is 8.54. The quantitative estimate of drug-likeness (QED) is 0.661. The Morgan fingerprint density at radius 2 is 1.64 bits per heavy atom. The van der Waals surface area contributed by atoms with Crippen molar-refractivity contribution in [3.8, 4) is 0 Å². The highest BCUT2D eigenvalue weighted by atomic mass is 79.9. The van der Waals surface area contributed by atoms with Gasteiger partial charge in [0.1, 0.15) is 11.5 Å². The Morgan fingerprint density at radius 3 is 2.28 bits per heavy atom. The number of amides is 1. The summed E-state index contributed by atoms with van der Waals surface area (Å²) in [6.45, 7) is 4.12. The third-order valence-electron chi connectivity index (χ3n) is 3.77. The summed E-state index contributed by atoms with van der Waals surface area (Å²) in [6, 6.07) is 13.4. The van der Waals surface area contributed by atoms with Gasteiger partial charge in [-0.2, -0.15) is 0 Å². The average Bonchev–Trinajstić information content (AvgIpc) is 2.61. The molecule has 0 unspecified atom stereocenters. The van der Waals surface area contributed by atoms with Crippen LogP contribution in [-0.2, 0) is 0 Å². The minimum absolute atomic E-state index is 0.258.